The number of hydrogen-bond donors (Lipinski definition) is 0. The molecule has 0 N–H and O–H groups in total. The first-order valence-corrected chi connectivity index (χ1v) is 7.61. The average Bonchev–Trinajstić information content (AvgIpc) is 2.51. The van der Waals surface area contributed by atoms with Gasteiger partial charge in [0, 0.05) is 24.7 Å². The third-order valence-corrected chi connectivity index (χ3v) is 4.32. The second-order valence-corrected chi connectivity index (χ2v) is 5.88. The molecule has 0 radical (unpaired) electrons. The van der Waals surface area contributed by atoms with Crippen LogP contribution in [0.4, 0.5) is 18.9 Å². The minimum Gasteiger partial charge on any atom is -0.371 e. The van der Waals surface area contributed by atoms with Crippen molar-refractivity contribution in [2.24, 2.45) is 5.92 Å². The molecule has 2 aliphatic rings. The number of halogens is 3. The number of carbonyl (C=O) groups excluding carboxylic acids is 1. The molecule has 3 rings (SSSR count). The lowest BCUT2D eigenvalue weighted by Gasteiger charge is -2.38. The SMILES string of the molecule is CC1OC(C(=O)C2CCN(c3ccc(C(F)(F)F)cc3)CC2)O1. The summed E-state index contributed by atoms with van der Waals surface area (Å²) in [5.74, 6) is -0.145. The zero-order valence-corrected chi connectivity index (χ0v) is 12.7. The Hall–Kier alpha value is -1.60. The molecular weight excluding hydrogens is 311 g/mol. The van der Waals surface area contributed by atoms with Crippen LogP contribution in [0.1, 0.15) is 25.3 Å². The fourth-order valence-corrected chi connectivity index (χ4v) is 2.97. The van der Waals surface area contributed by atoms with E-state index < -0.39 is 18.0 Å². The molecule has 7 heteroatoms. The fraction of sp³-hybridized carbons (Fsp3) is 0.562. The minimum absolute atomic E-state index is 0.0323. The van der Waals surface area contributed by atoms with Crippen LogP contribution in [0.3, 0.4) is 0 Å². The van der Waals surface area contributed by atoms with E-state index in [0.29, 0.717) is 25.9 Å². The van der Waals surface area contributed by atoms with Gasteiger partial charge in [0.1, 0.15) is 0 Å². The first kappa shape index (κ1) is 16.3. The molecule has 4 nitrogen and oxygen atoms in total. The maximum atomic E-state index is 12.6. The lowest BCUT2D eigenvalue weighted by molar-refractivity contribution is -0.358. The number of carbonyl (C=O) groups is 1. The van der Waals surface area contributed by atoms with E-state index in [2.05, 4.69) is 0 Å². The number of benzene rings is 1. The summed E-state index contributed by atoms with van der Waals surface area (Å²) >= 11 is 0. The number of nitrogens with zero attached hydrogens (tertiary/aromatic N) is 1. The van der Waals surface area contributed by atoms with Crippen molar-refractivity contribution in [1.82, 2.24) is 0 Å². The van der Waals surface area contributed by atoms with E-state index in [-0.39, 0.29) is 18.0 Å². The van der Waals surface area contributed by atoms with Crippen molar-refractivity contribution >= 4 is 11.5 Å². The Morgan fingerprint density at radius 1 is 1.13 bits per heavy atom. The number of piperidine rings is 1. The summed E-state index contributed by atoms with van der Waals surface area (Å²) in [5.41, 5.74) is 0.0911. The van der Waals surface area contributed by atoms with Crippen molar-refractivity contribution in [2.75, 3.05) is 18.0 Å². The third kappa shape index (κ3) is 3.50. The molecule has 0 aromatic heterocycles. The van der Waals surface area contributed by atoms with Crippen LogP contribution in [-0.2, 0) is 20.4 Å². The molecule has 0 aliphatic carbocycles. The van der Waals surface area contributed by atoms with Gasteiger partial charge in [-0.3, -0.25) is 4.79 Å². The van der Waals surface area contributed by atoms with E-state index in [9.17, 15) is 18.0 Å². The first-order valence-electron chi connectivity index (χ1n) is 7.61. The number of Topliss-reactive ketones (excluding diaryl/α,β-unsaturated/α-hetero) is 1. The molecule has 23 heavy (non-hydrogen) atoms. The van der Waals surface area contributed by atoms with Crippen LogP contribution >= 0.6 is 0 Å². The van der Waals surface area contributed by atoms with Gasteiger partial charge in [-0.25, -0.2) is 0 Å². The van der Waals surface area contributed by atoms with Crippen LogP contribution in [0.15, 0.2) is 24.3 Å². The molecule has 2 fully saturated rings. The van der Waals surface area contributed by atoms with Crippen molar-refractivity contribution in [3.63, 3.8) is 0 Å². The Balaban J connectivity index is 1.55. The Bertz CT molecular complexity index is 559. The molecule has 0 amide bonds. The van der Waals surface area contributed by atoms with E-state index >= 15 is 0 Å². The largest absolute Gasteiger partial charge is 0.416 e. The van der Waals surface area contributed by atoms with Gasteiger partial charge in [0.15, 0.2) is 12.1 Å². The molecular formula is C16H18F3NO3. The number of ketones is 1. The number of alkyl halides is 3. The van der Waals surface area contributed by atoms with Gasteiger partial charge in [-0.1, -0.05) is 0 Å². The number of anilines is 1. The van der Waals surface area contributed by atoms with Crippen LogP contribution in [0, 0.1) is 5.92 Å². The molecule has 1 aromatic rings. The van der Waals surface area contributed by atoms with Crippen LogP contribution in [-0.4, -0.2) is 31.5 Å². The van der Waals surface area contributed by atoms with E-state index in [4.69, 9.17) is 9.47 Å². The molecule has 126 valence electrons. The number of hydrogen-bond acceptors (Lipinski definition) is 4. The van der Waals surface area contributed by atoms with Crippen molar-refractivity contribution in [1.29, 1.82) is 0 Å². The summed E-state index contributed by atoms with van der Waals surface area (Å²) in [6.45, 7) is 2.99. The Labute approximate surface area is 132 Å². The summed E-state index contributed by atoms with van der Waals surface area (Å²) < 4.78 is 48.1. The second kappa shape index (κ2) is 6.13. The monoisotopic (exact) mass is 329 g/mol. The van der Waals surface area contributed by atoms with Gasteiger partial charge < -0.3 is 14.4 Å². The molecule has 0 bridgehead atoms. The third-order valence-electron chi connectivity index (χ3n) is 4.32. The molecule has 0 spiro atoms. The van der Waals surface area contributed by atoms with Crippen molar-refractivity contribution in [3.8, 4) is 0 Å². The normalized spacial score (nSPS) is 26.0. The quantitative estimate of drug-likeness (QED) is 0.854. The van der Waals surface area contributed by atoms with Gasteiger partial charge in [-0.15, -0.1) is 0 Å². The standard InChI is InChI=1S/C16H18F3NO3/c1-10-22-15(23-10)14(21)11-6-8-20(9-7-11)13-4-2-12(3-5-13)16(17,18)19/h2-5,10-11,15H,6-9H2,1H3. The number of rotatable bonds is 3. The molecule has 0 saturated carbocycles. The molecule has 0 unspecified atom stereocenters. The summed E-state index contributed by atoms with van der Waals surface area (Å²) in [6.07, 6.45) is -4.09. The minimum atomic E-state index is -4.32. The van der Waals surface area contributed by atoms with E-state index in [0.717, 1.165) is 17.8 Å². The zero-order chi connectivity index (χ0) is 16.6. The van der Waals surface area contributed by atoms with Gasteiger partial charge in [0.25, 0.3) is 0 Å². The zero-order valence-electron chi connectivity index (χ0n) is 12.7. The average molecular weight is 329 g/mol. The van der Waals surface area contributed by atoms with E-state index in [1.807, 2.05) is 4.90 Å². The fourth-order valence-electron chi connectivity index (χ4n) is 2.97. The topological polar surface area (TPSA) is 38.8 Å². The van der Waals surface area contributed by atoms with E-state index in [1.54, 1.807) is 6.92 Å². The lowest BCUT2D eigenvalue weighted by atomic mass is 9.91. The van der Waals surface area contributed by atoms with Gasteiger partial charge >= 0.3 is 6.18 Å². The first-order chi connectivity index (χ1) is 10.8. The van der Waals surface area contributed by atoms with Gasteiger partial charge in [0.05, 0.1) is 5.56 Å². The predicted molar refractivity (Wildman–Crippen MR) is 76.8 cm³/mol. The Morgan fingerprint density at radius 3 is 2.17 bits per heavy atom. The predicted octanol–water partition coefficient (Wildman–Crippen LogP) is 3.21. The maximum Gasteiger partial charge on any atom is 0.416 e. The molecule has 2 saturated heterocycles. The molecule has 1 aromatic carbocycles. The summed E-state index contributed by atoms with van der Waals surface area (Å²) in [6, 6.07) is 5.13. The summed E-state index contributed by atoms with van der Waals surface area (Å²) in [7, 11) is 0. The second-order valence-electron chi connectivity index (χ2n) is 5.88. The highest BCUT2D eigenvalue weighted by Gasteiger charge is 2.38. The number of ether oxygens (including phenoxy) is 2. The smallest absolute Gasteiger partial charge is 0.371 e. The van der Waals surface area contributed by atoms with Crippen molar-refractivity contribution < 1.29 is 27.4 Å². The molecule has 0 atom stereocenters. The summed E-state index contributed by atoms with van der Waals surface area (Å²) in [4.78, 5) is 14.1. The highest BCUT2D eigenvalue weighted by Crippen LogP contribution is 2.32. The van der Waals surface area contributed by atoms with Gasteiger partial charge in [-0.05, 0) is 44.0 Å². The van der Waals surface area contributed by atoms with Gasteiger partial charge in [0.2, 0.25) is 6.29 Å². The Morgan fingerprint density at radius 2 is 1.70 bits per heavy atom. The van der Waals surface area contributed by atoms with Crippen molar-refractivity contribution in [2.45, 2.75) is 38.5 Å². The highest BCUT2D eigenvalue weighted by molar-refractivity contribution is 5.85. The lowest BCUT2D eigenvalue weighted by Crippen LogP contribution is -2.49. The maximum absolute atomic E-state index is 12.6. The van der Waals surface area contributed by atoms with Crippen LogP contribution in [0.2, 0.25) is 0 Å². The van der Waals surface area contributed by atoms with Crippen LogP contribution in [0.5, 0.6) is 0 Å². The molecule has 2 aliphatic heterocycles. The van der Waals surface area contributed by atoms with Gasteiger partial charge in [-0.2, -0.15) is 13.2 Å². The van der Waals surface area contributed by atoms with Crippen molar-refractivity contribution in [3.05, 3.63) is 29.8 Å². The summed E-state index contributed by atoms with van der Waals surface area (Å²) in [5, 5.41) is 0. The van der Waals surface area contributed by atoms with E-state index in [1.165, 1.54) is 12.1 Å². The molecule has 2 heterocycles. The highest BCUT2D eigenvalue weighted by atomic mass is 19.4. The Kier molecular flexibility index (Phi) is 4.33. The van der Waals surface area contributed by atoms with Crippen LogP contribution < -0.4 is 4.90 Å². The van der Waals surface area contributed by atoms with Crippen LogP contribution in [0.25, 0.3) is 0 Å².